The number of benzene rings is 2. The van der Waals surface area contributed by atoms with Crippen LogP contribution < -0.4 is 29.7 Å². The average molecular weight is 567 g/mol. The fourth-order valence-electron chi connectivity index (χ4n) is 4.18. The smallest absolute Gasteiger partial charge is 0.248 e. The second kappa shape index (κ2) is 13.7. The van der Waals surface area contributed by atoms with Crippen LogP contribution in [0.4, 0.5) is 11.5 Å². The first-order valence-electron chi connectivity index (χ1n) is 13.3. The van der Waals surface area contributed by atoms with Gasteiger partial charge in [0.1, 0.15) is 17.6 Å². The number of nitrogens with zero attached hydrogens (tertiary/aromatic N) is 2. The van der Waals surface area contributed by atoms with E-state index in [4.69, 9.17) is 18.7 Å². The maximum Gasteiger partial charge on any atom is 0.248 e. The van der Waals surface area contributed by atoms with Gasteiger partial charge in [0.05, 0.1) is 21.3 Å². The summed E-state index contributed by atoms with van der Waals surface area (Å²) in [5, 5.41) is 9.45. The Morgan fingerprint density at radius 2 is 1.73 bits per heavy atom. The van der Waals surface area contributed by atoms with Crippen molar-refractivity contribution in [3.63, 3.8) is 0 Å². The standard InChI is InChI=1S/C30H38N4O7/c1-8-30(3,4)32-29(37)27(22-13-10-14-23(39-6)28(22)40-7)34(20-11-9-12-21(18-20)38-5)26(36)16-15-25(35)31-24-17-19(2)41-33-24/h9-14,17-18,27H,8,15-16H2,1-7H3,(H,32,37)(H,31,33,35)/t27-/m0/s1. The van der Waals surface area contributed by atoms with Crippen molar-refractivity contribution in [2.75, 3.05) is 31.5 Å². The van der Waals surface area contributed by atoms with Crippen LogP contribution in [0, 0.1) is 6.92 Å². The minimum Gasteiger partial charge on any atom is -0.497 e. The maximum atomic E-state index is 14.1. The van der Waals surface area contributed by atoms with Crippen LogP contribution in [0.2, 0.25) is 0 Å². The lowest BCUT2D eigenvalue weighted by Gasteiger charge is -2.35. The molecule has 0 aliphatic rings. The van der Waals surface area contributed by atoms with E-state index in [-0.39, 0.29) is 18.7 Å². The lowest BCUT2D eigenvalue weighted by molar-refractivity contribution is -0.128. The second-order valence-electron chi connectivity index (χ2n) is 10.0. The number of aryl methyl sites for hydroxylation is 1. The van der Waals surface area contributed by atoms with Gasteiger partial charge in [-0.15, -0.1) is 0 Å². The average Bonchev–Trinajstić information content (AvgIpc) is 3.37. The van der Waals surface area contributed by atoms with E-state index in [0.29, 0.717) is 40.7 Å². The van der Waals surface area contributed by atoms with Gasteiger partial charge in [0, 0.05) is 41.8 Å². The predicted molar refractivity (Wildman–Crippen MR) is 154 cm³/mol. The highest BCUT2D eigenvalue weighted by Gasteiger charge is 2.37. The first-order chi connectivity index (χ1) is 19.5. The quantitative estimate of drug-likeness (QED) is 0.301. The Labute approximate surface area is 240 Å². The number of rotatable bonds is 13. The molecule has 1 heterocycles. The molecule has 0 radical (unpaired) electrons. The number of nitrogens with one attached hydrogen (secondary N) is 2. The molecule has 11 heteroatoms. The molecule has 0 spiro atoms. The minimum absolute atomic E-state index is 0.157. The minimum atomic E-state index is -1.17. The van der Waals surface area contributed by atoms with Crippen molar-refractivity contribution in [1.82, 2.24) is 10.5 Å². The Balaban J connectivity index is 2.10. The third kappa shape index (κ3) is 7.77. The van der Waals surface area contributed by atoms with Crippen LogP contribution in [0.15, 0.2) is 53.1 Å². The number of anilines is 2. The van der Waals surface area contributed by atoms with Crippen LogP contribution in [0.3, 0.4) is 0 Å². The fraction of sp³-hybridized carbons (Fsp3) is 0.400. The topological polar surface area (TPSA) is 132 Å². The van der Waals surface area contributed by atoms with Crippen LogP contribution in [0.1, 0.15) is 57.4 Å². The summed E-state index contributed by atoms with van der Waals surface area (Å²) in [6, 6.07) is 12.4. The van der Waals surface area contributed by atoms with E-state index in [1.807, 2.05) is 20.8 Å². The van der Waals surface area contributed by atoms with Gasteiger partial charge in [-0.25, -0.2) is 0 Å². The highest BCUT2D eigenvalue weighted by molar-refractivity contribution is 6.03. The third-order valence-corrected chi connectivity index (χ3v) is 6.64. The Bertz CT molecular complexity index is 1370. The molecule has 1 aromatic heterocycles. The van der Waals surface area contributed by atoms with E-state index in [0.717, 1.165) is 0 Å². The zero-order valence-electron chi connectivity index (χ0n) is 24.6. The second-order valence-corrected chi connectivity index (χ2v) is 10.0. The Morgan fingerprint density at radius 1 is 1.00 bits per heavy atom. The third-order valence-electron chi connectivity index (χ3n) is 6.64. The van der Waals surface area contributed by atoms with Gasteiger partial charge in [-0.1, -0.05) is 30.3 Å². The number of para-hydroxylation sites is 1. The van der Waals surface area contributed by atoms with Crippen molar-refractivity contribution < 1.29 is 33.1 Å². The van der Waals surface area contributed by atoms with Gasteiger partial charge in [0.15, 0.2) is 17.3 Å². The summed E-state index contributed by atoms with van der Waals surface area (Å²) in [6.07, 6.45) is 0.290. The summed E-state index contributed by atoms with van der Waals surface area (Å²) >= 11 is 0. The molecule has 2 N–H and O–H groups in total. The molecule has 0 bridgehead atoms. The van der Waals surface area contributed by atoms with Gasteiger partial charge >= 0.3 is 0 Å². The number of hydrogen-bond acceptors (Lipinski definition) is 8. The first-order valence-corrected chi connectivity index (χ1v) is 13.3. The van der Waals surface area contributed by atoms with Crippen LogP contribution in [0.5, 0.6) is 17.2 Å². The highest BCUT2D eigenvalue weighted by Crippen LogP contribution is 2.40. The number of methoxy groups -OCH3 is 3. The van der Waals surface area contributed by atoms with Gasteiger partial charge in [-0.2, -0.15) is 0 Å². The van der Waals surface area contributed by atoms with Crippen molar-refractivity contribution in [3.8, 4) is 17.2 Å². The summed E-state index contributed by atoms with van der Waals surface area (Å²) < 4.78 is 21.6. The number of ether oxygens (including phenoxy) is 3. The van der Waals surface area contributed by atoms with E-state index in [9.17, 15) is 14.4 Å². The Hall–Kier alpha value is -4.54. The zero-order valence-corrected chi connectivity index (χ0v) is 24.6. The van der Waals surface area contributed by atoms with Crippen LogP contribution in [0.25, 0.3) is 0 Å². The predicted octanol–water partition coefficient (Wildman–Crippen LogP) is 4.81. The molecule has 41 heavy (non-hydrogen) atoms. The Morgan fingerprint density at radius 3 is 2.34 bits per heavy atom. The number of hydrogen-bond donors (Lipinski definition) is 2. The molecule has 3 amide bonds. The molecule has 0 aliphatic heterocycles. The molecule has 0 unspecified atom stereocenters. The number of aromatic nitrogens is 1. The van der Waals surface area contributed by atoms with Crippen LogP contribution in [-0.4, -0.2) is 49.7 Å². The molecule has 2 aromatic carbocycles. The van der Waals surface area contributed by atoms with Gasteiger partial charge in [-0.3, -0.25) is 19.3 Å². The summed E-state index contributed by atoms with van der Waals surface area (Å²) in [4.78, 5) is 42.2. The van der Waals surface area contributed by atoms with Crippen LogP contribution >= 0.6 is 0 Å². The molecular weight excluding hydrogens is 528 g/mol. The molecule has 220 valence electrons. The van der Waals surface area contributed by atoms with Gasteiger partial charge < -0.3 is 29.4 Å². The molecule has 0 saturated carbocycles. The summed E-state index contributed by atoms with van der Waals surface area (Å²) in [7, 11) is 4.48. The summed E-state index contributed by atoms with van der Waals surface area (Å²) in [6.45, 7) is 7.47. The number of amides is 3. The molecule has 3 aromatic rings. The summed E-state index contributed by atoms with van der Waals surface area (Å²) in [5.41, 5.74) is 0.247. The van der Waals surface area contributed by atoms with E-state index < -0.39 is 29.3 Å². The van der Waals surface area contributed by atoms with Crippen molar-refractivity contribution >= 4 is 29.2 Å². The molecule has 0 aliphatic carbocycles. The number of carbonyl (C=O) groups is 3. The van der Waals surface area contributed by atoms with E-state index in [1.165, 1.54) is 26.2 Å². The SMILES string of the molecule is CCC(C)(C)NC(=O)[C@H](c1cccc(OC)c1OC)N(C(=O)CCC(=O)Nc1cc(C)on1)c1cccc(OC)c1. The van der Waals surface area contributed by atoms with Crippen molar-refractivity contribution in [2.24, 2.45) is 0 Å². The monoisotopic (exact) mass is 566 g/mol. The molecule has 11 nitrogen and oxygen atoms in total. The van der Waals surface area contributed by atoms with Crippen molar-refractivity contribution in [2.45, 2.75) is 58.5 Å². The normalized spacial score (nSPS) is 11.8. The van der Waals surface area contributed by atoms with Gasteiger partial charge in [0.25, 0.3) is 0 Å². The maximum absolute atomic E-state index is 14.1. The first kappa shape index (κ1) is 31.0. The van der Waals surface area contributed by atoms with E-state index >= 15 is 0 Å². The Kier molecular flexibility index (Phi) is 10.3. The highest BCUT2D eigenvalue weighted by atomic mass is 16.5. The van der Waals surface area contributed by atoms with Crippen molar-refractivity contribution in [1.29, 1.82) is 0 Å². The summed E-state index contributed by atoms with van der Waals surface area (Å²) in [5.74, 6) is 0.671. The van der Waals surface area contributed by atoms with Gasteiger partial charge in [0.2, 0.25) is 17.7 Å². The fourth-order valence-corrected chi connectivity index (χ4v) is 4.18. The van der Waals surface area contributed by atoms with Gasteiger partial charge in [-0.05, 0) is 45.4 Å². The molecular formula is C30H38N4O7. The molecule has 0 saturated heterocycles. The number of carbonyl (C=O) groups excluding carboxylic acids is 3. The van der Waals surface area contributed by atoms with Crippen LogP contribution in [-0.2, 0) is 14.4 Å². The largest absolute Gasteiger partial charge is 0.497 e. The zero-order chi connectivity index (χ0) is 30.2. The van der Waals surface area contributed by atoms with E-state index in [1.54, 1.807) is 55.5 Å². The molecule has 3 rings (SSSR count). The molecule has 0 fully saturated rings. The lowest BCUT2D eigenvalue weighted by atomic mass is 9.97. The van der Waals surface area contributed by atoms with E-state index in [2.05, 4.69) is 15.8 Å². The molecule has 1 atom stereocenters. The lowest BCUT2D eigenvalue weighted by Crippen LogP contribution is -2.50. The van der Waals surface area contributed by atoms with Crippen molar-refractivity contribution in [3.05, 3.63) is 59.9 Å².